The van der Waals surface area contributed by atoms with Crippen molar-refractivity contribution < 1.29 is 22.7 Å². The van der Waals surface area contributed by atoms with Crippen LogP contribution in [0.1, 0.15) is 18.1 Å². The van der Waals surface area contributed by atoms with Crippen molar-refractivity contribution >= 4 is 21.8 Å². The lowest BCUT2D eigenvalue weighted by molar-refractivity contribution is -0.151. The molecule has 1 atom stereocenters. The van der Waals surface area contributed by atoms with E-state index in [2.05, 4.69) is 0 Å². The number of hydrogen-bond acceptors (Lipinski definition) is 7. The van der Waals surface area contributed by atoms with Gasteiger partial charge in [0.2, 0.25) is 15.8 Å². The van der Waals surface area contributed by atoms with Crippen molar-refractivity contribution in [3.8, 4) is 6.07 Å². The molecule has 138 valence electrons. The summed E-state index contributed by atoms with van der Waals surface area (Å²) in [5.74, 6) is -1.58. The van der Waals surface area contributed by atoms with Crippen LogP contribution in [0, 0.1) is 11.3 Å². The van der Waals surface area contributed by atoms with Crippen LogP contribution in [-0.4, -0.2) is 43.4 Å². The van der Waals surface area contributed by atoms with Crippen molar-refractivity contribution in [3.05, 3.63) is 46.7 Å². The van der Waals surface area contributed by atoms with Crippen molar-refractivity contribution in [1.82, 2.24) is 4.31 Å². The van der Waals surface area contributed by atoms with E-state index in [1.54, 1.807) is 24.3 Å². The van der Waals surface area contributed by atoms with E-state index in [0.29, 0.717) is 0 Å². The highest BCUT2D eigenvalue weighted by Gasteiger charge is 2.38. The number of allylic oxidation sites excluding steroid dienone is 1. The summed E-state index contributed by atoms with van der Waals surface area (Å²) in [7, 11) is -3.67. The Morgan fingerprint density at radius 3 is 2.50 bits per heavy atom. The molecule has 0 fully saturated rings. The van der Waals surface area contributed by atoms with Crippen molar-refractivity contribution in [2.24, 2.45) is 5.73 Å². The Kier molecular flexibility index (Phi) is 5.79. The third kappa shape index (κ3) is 4.28. The summed E-state index contributed by atoms with van der Waals surface area (Å²) in [4.78, 5) is 24.3. The van der Waals surface area contributed by atoms with Gasteiger partial charge in [-0.1, -0.05) is 24.3 Å². The Morgan fingerprint density at radius 1 is 1.35 bits per heavy atom. The first kappa shape index (κ1) is 19.6. The molecule has 0 radical (unpaired) electrons. The first-order valence-electron chi connectivity index (χ1n) is 7.75. The molecule has 0 amide bonds. The summed E-state index contributed by atoms with van der Waals surface area (Å²) in [6.45, 7) is 0.766. The topological polar surface area (TPSA) is 131 Å². The van der Waals surface area contributed by atoms with Crippen molar-refractivity contribution in [3.63, 3.8) is 0 Å². The fourth-order valence-corrected chi connectivity index (χ4v) is 3.72. The van der Waals surface area contributed by atoms with Crippen LogP contribution >= 0.6 is 0 Å². The number of esters is 1. The lowest BCUT2D eigenvalue weighted by atomic mass is 9.96. The first-order chi connectivity index (χ1) is 12.1. The third-order valence-electron chi connectivity index (χ3n) is 4.03. The van der Waals surface area contributed by atoms with Crippen LogP contribution in [0.15, 0.2) is 35.5 Å². The van der Waals surface area contributed by atoms with Crippen LogP contribution in [-0.2, 0) is 37.3 Å². The number of fused-ring (bicyclic) bond motifs is 1. The van der Waals surface area contributed by atoms with Crippen LogP contribution in [0.25, 0.3) is 0 Å². The highest BCUT2D eigenvalue weighted by molar-refractivity contribution is 7.88. The number of hydrogen-bond donors (Lipinski definition) is 1. The Balaban J connectivity index is 2.20. The van der Waals surface area contributed by atoms with Crippen LogP contribution in [0.2, 0.25) is 0 Å². The summed E-state index contributed by atoms with van der Waals surface area (Å²) in [6.07, 6.45) is 1.16. The zero-order chi connectivity index (χ0) is 19.5. The number of carbonyl (C=O) groups excluding carboxylic acids is 2. The van der Waals surface area contributed by atoms with Gasteiger partial charge in [-0.3, -0.25) is 9.59 Å². The fraction of sp³-hybridized carbons (Fsp3) is 0.353. The highest BCUT2D eigenvalue weighted by atomic mass is 32.2. The van der Waals surface area contributed by atoms with Crippen LogP contribution in [0.5, 0.6) is 0 Å². The quantitative estimate of drug-likeness (QED) is 0.442. The number of nitriles is 1. The molecule has 0 spiro atoms. The molecule has 2 rings (SSSR count). The average molecular weight is 377 g/mol. The molecular formula is C17H19N3O5S. The molecule has 1 aromatic rings. The second-order valence-corrected chi connectivity index (χ2v) is 7.93. The number of sulfonamides is 1. The molecule has 1 heterocycles. The smallest absolute Gasteiger partial charge is 0.325 e. The minimum Gasteiger partial charge on any atom is -0.456 e. The Morgan fingerprint density at radius 2 is 1.96 bits per heavy atom. The van der Waals surface area contributed by atoms with Crippen LogP contribution in [0.3, 0.4) is 0 Å². The standard InChI is InChI=1S/C17H19N3O5S/c1-11(19)14(8-18)16(21)10-25-17(22)15-7-12-5-3-4-6-13(12)9-20(15)26(2,23)24/h3-6,15H,7,9-10,19H2,1-2H3/b14-11+. The fourth-order valence-electron chi connectivity index (χ4n) is 2.72. The third-order valence-corrected chi connectivity index (χ3v) is 5.27. The van der Waals surface area contributed by atoms with E-state index in [9.17, 15) is 18.0 Å². The number of nitrogens with zero attached hydrogens (tertiary/aromatic N) is 2. The zero-order valence-corrected chi connectivity index (χ0v) is 15.2. The Labute approximate surface area is 151 Å². The van der Waals surface area contributed by atoms with Gasteiger partial charge in [0.25, 0.3) is 0 Å². The molecule has 0 aromatic heterocycles. The van der Waals surface area contributed by atoms with Crippen LogP contribution in [0.4, 0.5) is 0 Å². The summed E-state index contributed by atoms with van der Waals surface area (Å²) >= 11 is 0. The van der Waals surface area contributed by atoms with Gasteiger partial charge in [0.05, 0.1) is 6.26 Å². The molecule has 0 saturated heterocycles. The average Bonchev–Trinajstić information content (AvgIpc) is 2.58. The van der Waals surface area contributed by atoms with E-state index in [1.807, 2.05) is 6.07 Å². The molecule has 1 unspecified atom stereocenters. The second-order valence-electron chi connectivity index (χ2n) is 6.00. The highest BCUT2D eigenvalue weighted by Crippen LogP contribution is 2.26. The molecule has 1 aliphatic rings. The van der Waals surface area contributed by atoms with Crippen molar-refractivity contribution in [1.29, 1.82) is 5.26 Å². The molecule has 2 N–H and O–H groups in total. The summed E-state index contributed by atoms with van der Waals surface area (Å²) < 4.78 is 30.2. The normalized spacial score (nSPS) is 18.3. The molecule has 26 heavy (non-hydrogen) atoms. The largest absolute Gasteiger partial charge is 0.456 e. The monoisotopic (exact) mass is 377 g/mol. The van der Waals surface area contributed by atoms with Gasteiger partial charge in [-0.2, -0.15) is 9.57 Å². The van der Waals surface area contributed by atoms with E-state index in [1.165, 1.54) is 6.92 Å². The molecule has 1 aromatic carbocycles. The summed E-state index contributed by atoms with van der Waals surface area (Å²) in [6, 6.07) is 7.80. The number of nitrogens with two attached hydrogens (primary N) is 1. The lowest BCUT2D eigenvalue weighted by Gasteiger charge is -2.33. The van der Waals surface area contributed by atoms with E-state index >= 15 is 0 Å². The van der Waals surface area contributed by atoms with Crippen molar-refractivity contribution in [2.75, 3.05) is 12.9 Å². The maximum absolute atomic E-state index is 12.4. The predicted octanol–water partition coefficient (Wildman–Crippen LogP) is 0.241. The van der Waals surface area contributed by atoms with E-state index in [0.717, 1.165) is 21.7 Å². The van der Waals surface area contributed by atoms with Gasteiger partial charge in [0.1, 0.15) is 17.7 Å². The molecular weight excluding hydrogens is 358 g/mol. The van der Waals surface area contributed by atoms with Gasteiger partial charge in [0, 0.05) is 18.7 Å². The maximum Gasteiger partial charge on any atom is 0.325 e. The lowest BCUT2D eigenvalue weighted by Crippen LogP contribution is -2.49. The molecule has 0 saturated carbocycles. The number of ether oxygens (including phenoxy) is 1. The van der Waals surface area contributed by atoms with E-state index in [4.69, 9.17) is 15.7 Å². The van der Waals surface area contributed by atoms with Gasteiger partial charge >= 0.3 is 5.97 Å². The summed E-state index contributed by atoms with van der Waals surface area (Å²) in [5.41, 5.74) is 6.83. The number of carbonyl (C=O) groups is 2. The van der Waals surface area contributed by atoms with Crippen molar-refractivity contribution in [2.45, 2.75) is 25.9 Å². The Bertz CT molecular complexity index is 911. The maximum atomic E-state index is 12.4. The molecule has 9 heteroatoms. The SMILES string of the molecule is C/C(N)=C(/C#N)C(=O)COC(=O)C1Cc2ccccc2CN1S(C)(=O)=O. The predicted molar refractivity (Wildman–Crippen MR) is 92.8 cm³/mol. The van der Waals surface area contributed by atoms with Gasteiger partial charge in [-0.05, 0) is 18.1 Å². The second kappa shape index (κ2) is 7.68. The zero-order valence-electron chi connectivity index (χ0n) is 14.4. The van der Waals surface area contributed by atoms with E-state index in [-0.39, 0.29) is 24.2 Å². The molecule has 0 bridgehead atoms. The summed E-state index contributed by atoms with van der Waals surface area (Å²) in [5, 5.41) is 8.90. The van der Waals surface area contributed by atoms with E-state index < -0.39 is 34.4 Å². The number of rotatable bonds is 5. The van der Waals surface area contributed by atoms with Gasteiger partial charge in [-0.25, -0.2) is 8.42 Å². The first-order valence-corrected chi connectivity index (χ1v) is 9.60. The van der Waals surface area contributed by atoms with Crippen LogP contribution < -0.4 is 5.73 Å². The van der Waals surface area contributed by atoms with Gasteiger partial charge < -0.3 is 10.5 Å². The molecule has 8 nitrogen and oxygen atoms in total. The minimum atomic E-state index is -3.67. The number of Topliss-reactive ketones (excluding diaryl/α,β-unsaturated/α-hetero) is 1. The van der Waals surface area contributed by atoms with Gasteiger partial charge in [-0.15, -0.1) is 0 Å². The number of benzene rings is 1. The minimum absolute atomic E-state index is 0.0258. The molecule has 0 aliphatic carbocycles. The number of ketones is 1. The Hall–Kier alpha value is -2.70. The van der Waals surface area contributed by atoms with Gasteiger partial charge in [0.15, 0.2) is 6.61 Å². The molecule has 1 aliphatic heterocycles.